The Morgan fingerprint density at radius 3 is 2.31 bits per heavy atom. The molecule has 0 bridgehead atoms. The molecule has 1 aromatic rings. The van der Waals surface area contributed by atoms with Crippen LogP contribution in [0.25, 0.3) is 0 Å². The molecule has 1 N–H and O–H groups in total. The van der Waals surface area contributed by atoms with Crippen LogP contribution in [-0.2, 0) is 0 Å². The van der Waals surface area contributed by atoms with E-state index in [9.17, 15) is 0 Å². The third kappa shape index (κ3) is 3.97. The Labute approximate surface area is 100 Å². The standard InChI is InChI=1S/C15H25N/c1-11(2)9-16-10-14(5)15-7-6-12(3)8-13(15)4/h6-8,11,14,16H,9-10H2,1-5H3. The van der Waals surface area contributed by atoms with E-state index >= 15 is 0 Å². The first-order chi connectivity index (χ1) is 7.50. The predicted molar refractivity (Wildman–Crippen MR) is 72.0 cm³/mol. The smallest absolute Gasteiger partial charge is 0.00177 e. The average molecular weight is 219 g/mol. The van der Waals surface area contributed by atoms with Gasteiger partial charge in [-0.05, 0) is 43.4 Å². The van der Waals surface area contributed by atoms with Crippen molar-refractivity contribution in [3.05, 3.63) is 34.9 Å². The maximum Gasteiger partial charge on any atom is 0.00177 e. The summed E-state index contributed by atoms with van der Waals surface area (Å²) in [7, 11) is 0. The minimum atomic E-state index is 0.597. The van der Waals surface area contributed by atoms with Crippen molar-refractivity contribution in [2.45, 2.75) is 40.5 Å². The largest absolute Gasteiger partial charge is 0.316 e. The van der Waals surface area contributed by atoms with E-state index < -0.39 is 0 Å². The van der Waals surface area contributed by atoms with Gasteiger partial charge < -0.3 is 5.32 Å². The Balaban J connectivity index is 2.55. The van der Waals surface area contributed by atoms with E-state index in [0.717, 1.165) is 19.0 Å². The highest BCUT2D eigenvalue weighted by molar-refractivity contribution is 5.32. The van der Waals surface area contributed by atoms with Gasteiger partial charge in [-0.2, -0.15) is 0 Å². The molecule has 1 atom stereocenters. The highest BCUT2D eigenvalue weighted by atomic mass is 14.9. The second-order valence-electron chi connectivity index (χ2n) is 5.31. The van der Waals surface area contributed by atoms with Crippen LogP contribution in [0, 0.1) is 19.8 Å². The Bertz CT molecular complexity index is 328. The first kappa shape index (κ1) is 13.2. The van der Waals surface area contributed by atoms with Crippen molar-refractivity contribution in [3.8, 4) is 0 Å². The summed E-state index contributed by atoms with van der Waals surface area (Å²) in [6.45, 7) is 13.3. The molecule has 1 nitrogen and oxygen atoms in total. The number of hydrogen-bond acceptors (Lipinski definition) is 1. The van der Waals surface area contributed by atoms with Crippen molar-refractivity contribution >= 4 is 0 Å². The molecule has 1 aromatic carbocycles. The molecule has 0 aromatic heterocycles. The van der Waals surface area contributed by atoms with E-state index in [1.165, 1.54) is 16.7 Å². The molecule has 0 aliphatic rings. The number of aryl methyl sites for hydroxylation is 2. The topological polar surface area (TPSA) is 12.0 Å². The normalized spacial score (nSPS) is 13.1. The van der Waals surface area contributed by atoms with Gasteiger partial charge in [0.2, 0.25) is 0 Å². The van der Waals surface area contributed by atoms with E-state index in [-0.39, 0.29) is 0 Å². The molecule has 0 saturated heterocycles. The summed E-state index contributed by atoms with van der Waals surface area (Å²) in [5.74, 6) is 1.32. The van der Waals surface area contributed by atoms with E-state index in [2.05, 4.69) is 58.1 Å². The summed E-state index contributed by atoms with van der Waals surface area (Å²) in [6, 6.07) is 6.75. The average Bonchev–Trinajstić information content (AvgIpc) is 2.16. The van der Waals surface area contributed by atoms with Crippen LogP contribution in [0.15, 0.2) is 18.2 Å². The second-order valence-corrected chi connectivity index (χ2v) is 5.31. The van der Waals surface area contributed by atoms with Crippen LogP contribution in [0.2, 0.25) is 0 Å². The van der Waals surface area contributed by atoms with E-state index in [1.807, 2.05) is 0 Å². The highest BCUT2D eigenvalue weighted by Gasteiger charge is 2.08. The lowest BCUT2D eigenvalue weighted by atomic mass is 9.95. The number of hydrogen-bond donors (Lipinski definition) is 1. The fourth-order valence-corrected chi connectivity index (χ4v) is 2.08. The van der Waals surface area contributed by atoms with Crippen LogP contribution in [0.4, 0.5) is 0 Å². The Morgan fingerprint density at radius 1 is 1.06 bits per heavy atom. The van der Waals surface area contributed by atoms with Gasteiger partial charge in [0.05, 0.1) is 0 Å². The van der Waals surface area contributed by atoms with Crippen LogP contribution in [-0.4, -0.2) is 13.1 Å². The SMILES string of the molecule is Cc1ccc(C(C)CNCC(C)C)c(C)c1. The minimum absolute atomic E-state index is 0.597. The lowest BCUT2D eigenvalue weighted by molar-refractivity contribution is 0.528. The number of nitrogens with one attached hydrogen (secondary N) is 1. The van der Waals surface area contributed by atoms with Crippen LogP contribution >= 0.6 is 0 Å². The molecule has 0 fully saturated rings. The van der Waals surface area contributed by atoms with E-state index in [0.29, 0.717) is 5.92 Å². The molecule has 16 heavy (non-hydrogen) atoms. The van der Waals surface area contributed by atoms with Gasteiger partial charge >= 0.3 is 0 Å². The molecular formula is C15H25N. The van der Waals surface area contributed by atoms with Gasteiger partial charge in [-0.25, -0.2) is 0 Å². The summed E-state index contributed by atoms with van der Waals surface area (Å²) in [4.78, 5) is 0. The summed E-state index contributed by atoms with van der Waals surface area (Å²) >= 11 is 0. The van der Waals surface area contributed by atoms with Gasteiger partial charge in [-0.1, -0.05) is 44.5 Å². The second kappa shape index (κ2) is 6.05. The Morgan fingerprint density at radius 2 is 1.75 bits per heavy atom. The summed E-state index contributed by atoms with van der Waals surface area (Å²) in [5, 5.41) is 3.52. The van der Waals surface area contributed by atoms with Crippen molar-refractivity contribution in [3.63, 3.8) is 0 Å². The van der Waals surface area contributed by atoms with Gasteiger partial charge in [-0.15, -0.1) is 0 Å². The monoisotopic (exact) mass is 219 g/mol. The van der Waals surface area contributed by atoms with Crippen molar-refractivity contribution < 1.29 is 0 Å². The molecule has 1 heteroatoms. The Kier molecular flexibility index (Phi) is 5.01. The van der Waals surface area contributed by atoms with E-state index in [4.69, 9.17) is 0 Å². The first-order valence-corrected chi connectivity index (χ1v) is 6.28. The molecule has 90 valence electrons. The Hall–Kier alpha value is -0.820. The molecule has 1 rings (SSSR count). The van der Waals surface area contributed by atoms with Crippen LogP contribution in [0.3, 0.4) is 0 Å². The zero-order valence-corrected chi connectivity index (χ0v) is 11.3. The molecule has 0 radical (unpaired) electrons. The van der Waals surface area contributed by atoms with Gasteiger partial charge in [0.1, 0.15) is 0 Å². The summed E-state index contributed by atoms with van der Waals surface area (Å²) in [6.07, 6.45) is 0. The molecular weight excluding hydrogens is 194 g/mol. The zero-order chi connectivity index (χ0) is 12.1. The third-order valence-electron chi connectivity index (χ3n) is 2.96. The van der Waals surface area contributed by atoms with Crippen molar-refractivity contribution in [2.24, 2.45) is 5.92 Å². The molecule has 0 aliphatic carbocycles. The summed E-state index contributed by atoms with van der Waals surface area (Å²) in [5.41, 5.74) is 4.24. The molecule has 0 spiro atoms. The molecule has 0 aliphatic heterocycles. The number of rotatable bonds is 5. The molecule has 0 heterocycles. The van der Waals surface area contributed by atoms with Crippen molar-refractivity contribution in [1.82, 2.24) is 5.32 Å². The lowest BCUT2D eigenvalue weighted by Gasteiger charge is -2.17. The quantitative estimate of drug-likeness (QED) is 0.797. The van der Waals surface area contributed by atoms with Crippen molar-refractivity contribution in [2.75, 3.05) is 13.1 Å². The van der Waals surface area contributed by atoms with Gasteiger partial charge in [0.15, 0.2) is 0 Å². The van der Waals surface area contributed by atoms with Crippen LogP contribution < -0.4 is 5.32 Å². The van der Waals surface area contributed by atoms with E-state index in [1.54, 1.807) is 0 Å². The predicted octanol–water partition coefficient (Wildman–Crippen LogP) is 3.65. The van der Waals surface area contributed by atoms with Crippen LogP contribution in [0.5, 0.6) is 0 Å². The molecule has 0 saturated carbocycles. The maximum atomic E-state index is 3.52. The molecule has 1 unspecified atom stereocenters. The maximum absolute atomic E-state index is 3.52. The third-order valence-corrected chi connectivity index (χ3v) is 2.96. The number of benzene rings is 1. The minimum Gasteiger partial charge on any atom is -0.316 e. The molecule has 0 amide bonds. The fourth-order valence-electron chi connectivity index (χ4n) is 2.08. The van der Waals surface area contributed by atoms with Gasteiger partial charge in [0.25, 0.3) is 0 Å². The highest BCUT2D eigenvalue weighted by Crippen LogP contribution is 2.19. The van der Waals surface area contributed by atoms with Gasteiger partial charge in [0, 0.05) is 6.54 Å². The van der Waals surface area contributed by atoms with Crippen molar-refractivity contribution in [1.29, 1.82) is 0 Å². The van der Waals surface area contributed by atoms with Crippen LogP contribution in [0.1, 0.15) is 43.4 Å². The summed E-state index contributed by atoms with van der Waals surface area (Å²) < 4.78 is 0. The fraction of sp³-hybridized carbons (Fsp3) is 0.600. The zero-order valence-electron chi connectivity index (χ0n) is 11.3. The first-order valence-electron chi connectivity index (χ1n) is 6.28. The van der Waals surface area contributed by atoms with Gasteiger partial charge in [-0.3, -0.25) is 0 Å². The lowest BCUT2D eigenvalue weighted by Crippen LogP contribution is -2.24.